The maximum absolute atomic E-state index is 11.8. The number of hydrogen-bond acceptors (Lipinski definition) is 5. The van der Waals surface area contributed by atoms with Crippen LogP contribution in [0.1, 0.15) is 29.8 Å². The Labute approximate surface area is 137 Å². The topological polar surface area (TPSA) is 59.3 Å². The van der Waals surface area contributed by atoms with E-state index in [0.29, 0.717) is 13.0 Å². The molecule has 3 aromatic heterocycles. The zero-order valence-electron chi connectivity index (χ0n) is 12.2. The normalized spacial score (nSPS) is 11.1. The molecule has 0 aliphatic rings. The lowest BCUT2D eigenvalue weighted by Gasteiger charge is -2.04. The van der Waals surface area contributed by atoms with Crippen molar-refractivity contribution >= 4 is 33.5 Å². The predicted octanol–water partition coefficient (Wildman–Crippen LogP) is 2.92. The third-order valence-corrected chi connectivity index (χ3v) is 5.26. The van der Waals surface area contributed by atoms with Crippen molar-refractivity contribution in [2.24, 2.45) is 0 Å². The molecule has 7 heteroatoms. The Morgan fingerprint density at radius 3 is 3.09 bits per heavy atom. The van der Waals surface area contributed by atoms with Crippen LogP contribution in [0.15, 0.2) is 29.2 Å². The summed E-state index contributed by atoms with van der Waals surface area (Å²) in [7, 11) is 0. The Hall–Kier alpha value is -1.73. The van der Waals surface area contributed by atoms with E-state index in [4.69, 9.17) is 0 Å². The number of carbonyl (C=O) groups is 1. The fourth-order valence-electron chi connectivity index (χ4n) is 2.30. The number of hydrogen-bond donors (Lipinski definition) is 1. The standard InChI is InChI=1S/C15H18N4OS2/c20-14(6-2-1-4-13-5-3-9-21-13)16-8-7-12-10-22-15-17-11-18-19(12)15/h3,5,9-11H,1-2,4,6-8H2,(H,16,20). The number of fused-ring (bicyclic) bond motifs is 1. The minimum atomic E-state index is 0.135. The van der Waals surface area contributed by atoms with Gasteiger partial charge >= 0.3 is 0 Å². The number of thiazole rings is 1. The summed E-state index contributed by atoms with van der Waals surface area (Å²) in [5.74, 6) is 0.135. The Bertz CT molecular complexity index is 717. The zero-order chi connectivity index (χ0) is 15.2. The molecular weight excluding hydrogens is 316 g/mol. The molecule has 0 aliphatic heterocycles. The van der Waals surface area contributed by atoms with Gasteiger partial charge in [0.1, 0.15) is 6.33 Å². The van der Waals surface area contributed by atoms with Crippen LogP contribution in [0.2, 0.25) is 0 Å². The molecule has 3 aromatic rings. The van der Waals surface area contributed by atoms with Crippen molar-refractivity contribution in [2.45, 2.75) is 32.1 Å². The number of carbonyl (C=O) groups excluding carboxylic acids is 1. The van der Waals surface area contributed by atoms with E-state index in [1.54, 1.807) is 29.0 Å². The highest BCUT2D eigenvalue weighted by Crippen LogP contribution is 2.13. The maximum Gasteiger partial charge on any atom is 0.220 e. The van der Waals surface area contributed by atoms with Crippen LogP contribution in [-0.4, -0.2) is 27.0 Å². The van der Waals surface area contributed by atoms with Gasteiger partial charge in [0.05, 0.1) is 5.69 Å². The first kappa shape index (κ1) is 15.2. The van der Waals surface area contributed by atoms with Crippen molar-refractivity contribution in [1.29, 1.82) is 0 Å². The van der Waals surface area contributed by atoms with Gasteiger partial charge in [-0.2, -0.15) is 5.10 Å². The van der Waals surface area contributed by atoms with E-state index < -0.39 is 0 Å². The molecule has 0 atom stereocenters. The van der Waals surface area contributed by atoms with Gasteiger partial charge in [-0.3, -0.25) is 4.79 Å². The number of aromatic nitrogens is 3. The first-order valence-electron chi connectivity index (χ1n) is 7.38. The largest absolute Gasteiger partial charge is 0.356 e. The molecule has 1 amide bonds. The van der Waals surface area contributed by atoms with Crippen LogP contribution in [0.4, 0.5) is 0 Å². The number of nitrogens with zero attached hydrogens (tertiary/aromatic N) is 3. The highest BCUT2D eigenvalue weighted by atomic mass is 32.1. The van der Waals surface area contributed by atoms with Crippen molar-refractivity contribution in [1.82, 2.24) is 19.9 Å². The summed E-state index contributed by atoms with van der Waals surface area (Å²) in [6, 6.07) is 4.22. The molecule has 5 nitrogen and oxygen atoms in total. The molecule has 0 bridgehead atoms. The van der Waals surface area contributed by atoms with Gasteiger partial charge in [0.25, 0.3) is 0 Å². The van der Waals surface area contributed by atoms with Crippen LogP contribution >= 0.6 is 22.7 Å². The number of unbranched alkanes of at least 4 members (excludes halogenated alkanes) is 1. The Balaban J connectivity index is 1.32. The van der Waals surface area contributed by atoms with Gasteiger partial charge in [-0.25, -0.2) is 9.50 Å². The van der Waals surface area contributed by atoms with Crippen molar-refractivity contribution in [2.75, 3.05) is 6.54 Å². The molecule has 0 unspecified atom stereocenters. The van der Waals surface area contributed by atoms with E-state index in [2.05, 4.69) is 32.9 Å². The van der Waals surface area contributed by atoms with Gasteiger partial charge in [-0.05, 0) is 30.7 Å². The molecule has 0 spiro atoms. The molecule has 0 saturated carbocycles. The molecule has 1 N–H and O–H groups in total. The smallest absolute Gasteiger partial charge is 0.220 e. The highest BCUT2D eigenvalue weighted by Gasteiger charge is 2.06. The van der Waals surface area contributed by atoms with E-state index in [0.717, 1.165) is 36.3 Å². The Kier molecular flexibility index (Phi) is 5.18. The lowest BCUT2D eigenvalue weighted by molar-refractivity contribution is -0.121. The molecule has 0 aromatic carbocycles. The molecule has 116 valence electrons. The van der Waals surface area contributed by atoms with Crippen molar-refractivity contribution < 1.29 is 4.79 Å². The van der Waals surface area contributed by atoms with Gasteiger partial charge in [-0.15, -0.1) is 22.7 Å². The van der Waals surface area contributed by atoms with Crippen LogP contribution in [0.3, 0.4) is 0 Å². The van der Waals surface area contributed by atoms with Gasteiger partial charge < -0.3 is 5.32 Å². The molecule has 3 heterocycles. The average Bonchev–Trinajstić information content (AvgIpc) is 3.23. The molecule has 22 heavy (non-hydrogen) atoms. The lowest BCUT2D eigenvalue weighted by Crippen LogP contribution is -2.25. The van der Waals surface area contributed by atoms with Crippen molar-refractivity contribution in [3.8, 4) is 0 Å². The first-order valence-corrected chi connectivity index (χ1v) is 9.14. The van der Waals surface area contributed by atoms with E-state index >= 15 is 0 Å². The minimum Gasteiger partial charge on any atom is -0.356 e. The predicted molar refractivity (Wildman–Crippen MR) is 89.5 cm³/mol. The van der Waals surface area contributed by atoms with Crippen molar-refractivity contribution in [3.63, 3.8) is 0 Å². The lowest BCUT2D eigenvalue weighted by atomic mass is 10.1. The third-order valence-electron chi connectivity index (χ3n) is 3.45. The van der Waals surface area contributed by atoms with E-state index in [1.165, 1.54) is 4.88 Å². The number of amides is 1. The second-order valence-corrected chi connectivity index (χ2v) is 6.94. The second-order valence-electron chi connectivity index (χ2n) is 5.07. The quantitative estimate of drug-likeness (QED) is 0.644. The van der Waals surface area contributed by atoms with Crippen LogP contribution in [0.5, 0.6) is 0 Å². The number of aryl methyl sites for hydroxylation is 1. The molecule has 0 aliphatic carbocycles. The number of nitrogens with one attached hydrogen (secondary N) is 1. The first-order chi connectivity index (χ1) is 10.8. The van der Waals surface area contributed by atoms with Gasteiger partial charge in [-0.1, -0.05) is 6.07 Å². The molecular formula is C15H18N4OS2. The summed E-state index contributed by atoms with van der Waals surface area (Å²) in [5, 5.41) is 11.3. The summed E-state index contributed by atoms with van der Waals surface area (Å²) < 4.78 is 1.83. The molecule has 3 rings (SSSR count). The Morgan fingerprint density at radius 2 is 2.23 bits per heavy atom. The third kappa shape index (κ3) is 3.92. The minimum absolute atomic E-state index is 0.135. The van der Waals surface area contributed by atoms with E-state index in [9.17, 15) is 4.79 Å². The van der Waals surface area contributed by atoms with Crippen LogP contribution < -0.4 is 5.32 Å². The fourth-order valence-corrected chi connectivity index (χ4v) is 3.88. The van der Waals surface area contributed by atoms with Crippen LogP contribution in [0, 0.1) is 0 Å². The van der Waals surface area contributed by atoms with Crippen LogP contribution in [0.25, 0.3) is 4.96 Å². The van der Waals surface area contributed by atoms with Gasteiger partial charge in [0, 0.05) is 29.6 Å². The summed E-state index contributed by atoms with van der Waals surface area (Å²) in [5.41, 5.74) is 1.09. The fraction of sp³-hybridized carbons (Fsp3) is 0.400. The Morgan fingerprint density at radius 1 is 1.27 bits per heavy atom. The van der Waals surface area contributed by atoms with E-state index in [-0.39, 0.29) is 5.91 Å². The summed E-state index contributed by atoms with van der Waals surface area (Å²) >= 11 is 3.36. The SMILES string of the molecule is O=C(CCCCc1cccs1)NCCc1csc2ncnn12. The summed E-state index contributed by atoms with van der Waals surface area (Å²) in [6.07, 6.45) is 6.03. The van der Waals surface area contributed by atoms with Gasteiger partial charge in [0.2, 0.25) is 10.9 Å². The maximum atomic E-state index is 11.8. The monoisotopic (exact) mass is 334 g/mol. The molecule has 0 saturated heterocycles. The van der Waals surface area contributed by atoms with Crippen molar-refractivity contribution in [3.05, 3.63) is 39.8 Å². The average molecular weight is 334 g/mol. The molecule has 0 radical (unpaired) electrons. The zero-order valence-corrected chi connectivity index (χ0v) is 13.8. The second kappa shape index (κ2) is 7.51. The van der Waals surface area contributed by atoms with Gasteiger partial charge in [0.15, 0.2) is 0 Å². The number of rotatable bonds is 8. The van der Waals surface area contributed by atoms with Crippen LogP contribution in [-0.2, 0) is 17.6 Å². The molecule has 0 fully saturated rings. The number of thiophene rings is 1. The highest BCUT2D eigenvalue weighted by molar-refractivity contribution is 7.15. The summed E-state index contributed by atoms with van der Waals surface area (Å²) in [4.78, 5) is 18.2. The van der Waals surface area contributed by atoms with E-state index in [1.807, 2.05) is 9.90 Å². The summed E-state index contributed by atoms with van der Waals surface area (Å²) in [6.45, 7) is 0.648.